The van der Waals surface area contributed by atoms with Crippen LogP contribution in [0.5, 0.6) is 0 Å². The van der Waals surface area contributed by atoms with Gasteiger partial charge in [-0.05, 0) is 24.3 Å². The molecule has 0 aliphatic heterocycles. The summed E-state index contributed by atoms with van der Waals surface area (Å²) < 4.78 is 5.87. The van der Waals surface area contributed by atoms with Crippen LogP contribution in [0.25, 0.3) is 0 Å². The molecule has 0 saturated heterocycles. The quantitative estimate of drug-likeness (QED) is 0.848. The first-order chi connectivity index (χ1) is 7.92. The maximum Gasteiger partial charge on any atom is 0.0947 e. The number of rotatable bonds is 5. The summed E-state index contributed by atoms with van der Waals surface area (Å²) in [6.45, 7) is 10.0. The van der Waals surface area contributed by atoms with E-state index in [0.29, 0.717) is 12.0 Å². The Kier molecular flexibility index (Phi) is 5.16. The number of nitrogens with two attached hydrogens (primary N) is 1. The molecule has 0 spiro atoms. The molecule has 1 atom stereocenters. The molecule has 0 amide bonds. The van der Waals surface area contributed by atoms with E-state index >= 15 is 0 Å². The molecule has 17 heavy (non-hydrogen) atoms. The smallest absolute Gasteiger partial charge is 0.0947 e. The van der Waals surface area contributed by atoms with E-state index in [0.717, 1.165) is 13.0 Å². The molecule has 2 heteroatoms. The highest BCUT2D eigenvalue weighted by Gasteiger charge is 2.13. The molecule has 0 aliphatic carbocycles. The van der Waals surface area contributed by atoms with Crippen LogP contribution >= 0.6 is 0 Å². The molecule has 0 aliphatic rings. The zero-order valence-electron chi connectivity index (χ0n) is 11.5. The summed E-state index contributed by atoms with van der Waals surface area (Å²) in [5.41, 5.74) is 8.52. The van der Waals surface area contributed by atoms with E-state index in [9.17, 15) is 0 Å². The number of ether oxygens (including phenoxy) is 1. The lowest BCUT2D eigenvalue weighted by atomic mass is 9.93. The molecule has 1 rings (SSSR count). The van der Waals surface area contributed by atoms with Gasteiger partial charge in [0.1, 0.15) is 0 Å². The zero-order valence-corrected chi connectivity index (χ0v) is 11.5. The van der Waals surface area contributed by atoms with E-state index in [1.54, 1.807) is 0 Å². The van der Waals surface area contributed by atoms with Crippen LogP contribution in [0.3, 0.4) is 0 Å². The lowest BCUT2D eigenvalue weighted by Crippen LogP contribution is -2.18. The topological polar surface area (TPSA) is 35.2 Å². The number of aryl methyl sites for hydroxylation is 1. The minimum Gasteiger partial charge on any atom is -0.372 e. The van der Waals surface area contributed by atoms with Crippen molar-refractivity contribution in [1.29, 1.82) is 0 Å². The molecule has 1 aromatic rings. The molecule has 2 nitrogen and oxygen atoms in total. The Hall–Kier alpha value is -0.860. The molecular weight excluding hydrogens is 210 g/mol. The second kappa shape index (κ2) is 6.18. The minimum absolute atomic E-state index is 0.0259. The Bertz CT molecular complexity index is 324. The maximum atomic E-state index is 5.87. The average Bonchev–Trinajstić information content (AvgIpc) is 2.24. The van der Waals surface area contributed by atoms with Crippen LogP contribution in [0.2, 0.25) is 0 Å². The lowest BCUT2D eigenvalue weighted by Gasteiger charge is -2.21. The van der Waals surface area contributed by atoms with Crippen molar-refractivity contribution >= 4 is 0 Å². The van der Waals surface area contributed by atoms with Gasteiger partial charge in [-0.25, -0.2) is 0 Å². The molecule has 2 N–H and O–H groups in total. The minimum atomic E-state index is 0.0259. The monoisotopic (exact) mass is 235 g/mol. The Morgan fingerprint density at radius 2 is 1.76 bits per heavy atom. The van der Waals surface area contributed by atoms with Crippen LogP contribution < -0.4 is 5.73 Å². The van der Waals surface area contributed by atoms with Crippen molar-refractivity contribution in [3.8, 4) is 0 Å². The van der Waals surface area contributed by atoms with Crippen LogP contribution in [-0.4, -0.2) is 13.2 Å². The molecule has 0 heterocycles. The average molecular weight is 235 g/mol. The van der Waals surface area contributed by atoms with Gasteiger partial charge in [0.2, 0.25) is 0 Å². The molecule has 0 radical (unpaired) electrons. The van der Waals surface area contributed by atoms with E-state index in [-0.39, 0.29) is 6.10 Å². The van der Waals surface area contributed by atoms with E-state index in [1.807, 2.05) is 0 Å². The van der Waals surface area contributed by atoms with Crippen LogP contribution in [0.4, 0.5) is 0 Å². The van der Waals surface area contributed by atoms with Crippen molar-refractivity contribution in [3.63, 3.8) is 0 Å². The predicted molar refractivity (Wildman–Crippen MR) is 73.0 cm³/mol. The fraction of sp³-hybridized carbons (Fsp3) is 0.600. The Labute approximate surface area is 105 Å². The maximum absolute atomic E-state index is 5.87. The largest absolute Gasteiger partial charge is 0.372 e. The van der Waals surface area contributed by atoms with Gasteiger partial charge >= 0.3 is 0 Å². The fourth-order valence-corrected chi connectivity index (χ4v) is 1.59. The summed E-state index contributed by atoms with van der Waals surface area (Å²) in [6.07, 6.45) is 1.08. The van der Waals surface area contributed by atoms with Crippen LogP contribution in [0, 0.1) is 12.3 Å². The summed E-state index contributed by atoms with van der Waals surface area (Å²) in [4.78, 5) is 0. The Balaban J connectivity index is 2.51. The standard InChI is InChI=1S/C15H25NO/c1-12-5-7-13(8-6-12)14(11-16)17-10-9-15(2,3)4/h5-8,14H,9-11,16H2,1-4H3. The third kappa shape index (κ3) is 5.33. The third-order valence-corrected chi connectivity index (χ3v) is 2.83. The van der Waals surface area contributed by atoms with Gasteiger partial charge in [0, 0.05) is 13.2 Å². The molecule has 1 unspecified atom stereocenters. The number of hydrogen-bond acceptors (Lipinski definition) is 2. The van der Waals surface area contributed by atoms with Gasteiger partial charge in [-0.1, -0.05) is 50.6 Å². The zero-order chi connectivity index (χ0) is 12.9. The van der Waals surface area contributed by atoms with Crippen LogP contribution in [0.15, 0.2) is 24.3 Å². The fourth-order valence-electron chi connectivity index (χ4n) is 1.59. The molecule has 0 fully saturated rings. The second-order valence-corrected chi connectivity index (χ2v) is 5.82. The highest BCUT2D eigenvalue weighted by molar-refractivity contribution is 5.23. The van der Waals surface area contributed by atoms with Crippen molar-refractivity contribution in [2.75, 3.05) is 13.2 Å². The van der Waals surface area contributed by atoms with Gasteiger partial charge < -0.3 is 10.5 Å². The van der Waals surface area contributed by atoms with Crippen molar-refractivity contribution < 1.29 is 4.74 Å². The first kappa shape index (κ1) is 14.2. The highest BCUT2D eigenvalue weighted by Crippen LogP contribution is 2.22. The van der Waals surface area contributed by atoms with E-state index in [1.165, 1.54) is 11.1 Å². The SMILES string of the molecule is Cc1ccc(C(CN)OCCC(C)(C)C)cc1. The van der Waals surface area contributed by atoms with Crippen molar-refractivity contribution in [2.24, 2.45) is 11.1 Å². The van der Waals surface area contributed by atoms with Crippen LogP contribution in [0.1, 0.15) is 44.4 Å². The third-order valence-electron chi connectivity index (χ3n) is 2.83. The van der Waals surface area contributed by atoms with Crippen molar-refractivity contribution in [3.05, 3.63) is 35.4 Å². The van der Waals surface area contributed by atoms with Crippen molar-refractivity contribution in [2.45, 2.75) is 40.2 Å². The molecule has 96 valence electrons. The molecule has 1 aromatic carbocycles. The molecule has 0 saturated carbocycles. The summed E-state index contributed by atoms with van der Waals surface area (Å²) in [5, 5.41) is 0. The molecule has 0 aromatic heterocycles. The van der Waals surface area contributed by atoms with Gasteiger partial charge in [-0.15, -0.1) is 0 Å². The van der Waals surface area contributed by atoms with Gasteiger partial charge in [-0.3, -0.25) is 0 Å². The first-order valence-corrected chi connectivity index (χ1v) is 6.30. The van der Waals surface area contributed by atoms with Gasteiger partial charge in [0.25, 0.3) is 0 Å². The Morgan fingerprint density at radius 1 is 1.18 bits per heavy atom. The normalized spacial score (nSPS) is 13.7. The lowest BCUT2D eigenvalue weighted by molar-refractivity contribution is 0.0422. The highest BCUT2D eigenvalue weighted by atomic mass is 16.5. The summed E-state index contributed by atoms with van der Waals surface area (Å²) >= 11 is 0. The van der Waals surface area contributed by atoms with Crippen LogP contribution in [-0.2, 0) is 4.74 Å². The molecular formula is C15H25NO. The number of hydrogen-bond donors (Lipinski definition) is 1. The first-order valence-electron chi connectivity index (χ1n) is 6.30. The second-order valence-electron chi connectivity index (χ2n) is 5.82. The van der Waals surface area contributed by atoms with E-state index in [2.05, 4.69) is 52.0 Å². The van der Waals surface area contributed by atoms with Gasteiger partial charge in [0.15, 0.2) is 0 Å². The molecule has 0 bridgehead atoms. The van der Waals surface area contributed by atoms with Gasteiger partial charge in [0.05, 0.1) is 6.10 Å². The summed E-state index contributed by atoms with van der Waals surface area (Å²) in [7, 11) is 0. The van der Waals surface area contributed by atoms with Gasteiger partial charge in [-0.2, -0.15) is 0 Å². The van der Waals surface area contributed by atoms with Crippen molar-refractivity contribution in [1.82, 2.24) is 0 Å². The number of benzene rings is 1. The van der Waals surface area contributed by atoms with E-state index in [4.69, 9.17) is 10.5 Å². The Morgan fingerprint density at radius 3 is 2.24 bits per heavy atom. The summed E-state index contributed by atoms with van der Waals surface area (Å²) in [5.74, 6) is 0. The summed E-state index contributed by atoms with van der Waals surface area (Å²) in [6, 6.07) is 8.41. The van der Waals surface area contributed by atoms with E-state index < -0.39 is 0 Å². The predicted octanol–water partition coefficient (Wildman–Crippen LogP) is 3.45.